The number of halogens is 2. The van der Waals surface area contributed by atoms with E-state index >= 15 is 0 Å². The van der Waals surface area contributed by atoms with Gasteiger partial charge < -0.3 is 15.6 Å². The van der Waals surface area contributed by atoms with Crippen molar-refractivity contribution in [2.45, 2.75) is 19.4 Å². The van der Waals surface area contributed by atoms with E-state index in [-0.39, 0.29) is 11.9 Å². The first-order chi connectivity index (χ1) is 14.5. The molecule has 0 spiro atoms. The number of rotatable bonds is 3. The lowest BCUT2D eigenvalue weighted by atomic mass is 10.0. The number of H-pyrrole nitrogens is 1. The van der Waals surface area contributed by atoms with Crippen LogP contribution in [0.3, 0.4) is 0 Å². The number of imidazole rings is 1. The molecule has 0 bridgehead atoms. The minimum atomic E-state index is -0.383. The van der Waals surface area contributed by atoms with Crippen molar-refractivity contribution in [1.82, 2.24) is 15.0 Å². The lowest BCUT2D eigenvalue weighted by Crippen LogP contribution is -2.27. The first kappa shape index (κ1) is 19.0. The normalized spacial score (nSPS) is 16.5. The number of aromatic nitrogens is 3. The average Bonchev–Trinajstić information content (AvgIpc) is 3.34. The summed E-state index contributed by atoms with van der Waals surface area (Å²) in [7, 11) is 0. The molecule has 0 saturated carbocycles. The fourth-order valence-electron chi connectivity index (χ4n) is 4.18. The van der Waals surface area contributed by atoms with E-state index in [9.17, 15) is 4.39 Å². The molecule has 4 aromatic rings. The summed E-state index contributed by atoms with van der Waals surface area (Å²) in [5, 5.41) is 0.346. The largest absolute Gasteiger partial charge is 0.369 e. The van der Waals surface area contributed by atoms with E-state index in [0.717, 1.165) is 52.2 Å². The third-order valence-electron chi connectivity index (χ3n) is 5.60. The van der Waals surface area contributed by atoms with Gasteiger partial charge in [-0.05, 0) is 48.7 Å². The van der Waals surface area contributed by atoms with Crippen LogP contribution in [0.15, 0.2) is 48.8 Å². The molecule has 7 heteroatoms. The van der Waals surface area contributed by atoms with Gasteiger partial charge in [0.15, 0.2) is 0 Å². The number of hydrogen-bond donors (Lipinski definition) is 2. The molecule has 0 amide bonds. The van der Waals surface area contributed by atoms with Crippen LogP contribution in [0.1, 0.15) is 12.0 Å². The highest BCUT2D eigenvalue weighted by molar-refractivity contribution is 6.30. The molecule has 0 radical (unpaired) electrons. The maximum Gasteiger partial charge on any atom is 0.142 e. The van der Waals surface area contributed by atoms with E-state index in [1.54, 1.807) is 18.5 Å². The SMILES string of the molecule is Cc1cccc2[nH]c(-c3cncc(-c4cc(F)cc(Cl)c4)c3N3CCC(N)C3)nc12. The number of fused-ring (bicyclic) bond motifs is 1. The molecule has 3 heterocycles. The molecular weight excluding hydrogens is 401 g/mol. The van der Waals surface area contributed by atoms with Crippen molar-refractivity contribution in [2.75, 3.05) is 18.0 Å². The minimum absolute atomic E-state index is 0.0906. The second-order valence-electron chi connectivity index (χ2n) is 7.79. The summed E-state index contributed by atoms with van der Waals surface area (Å²) in [6.07, 6.45) is 4.45. The van der Waals surface area contributed by atoms with Crippen LogP contribution in [0.4, 0.5) is 10.1 Å². The van der Waals surface area contributed by atoms with Crippen molar-refractivity contribution in [3.05, 3.63) is 65.2 Å². The number of nitrogens with two attached hydrogens (primary N) is 1. The van der Waals surface area contributed by atoms with Gasteiger partial charge in [0.25, 0.3) is 0 Å². The summed E-state index contributed by atoms with van der Waals surface area (Å²) in [6.45, 7) is 3.57. The molecule has 1 fully saturated rings. The summed E-state index contributed by atoms with van der Waals surface area (Å²) >= 11 is 6.15. The van der Waals surface area contributed by atoms with Crippen LogP contribution >= 0.6 is 11.6 Å². The van der Waals surface area contributed by atoms with Crippen molar-refractivity contribution in [2.24, 2.45) is 5.73 Å². The molecule has 2 aromatic carbocycles. The zero-order valence-corrected chi connectivity index (χ0v) is 17.2. The maximum atomic E-state index is 14.1. The summed E-state index contributed by atoms with van der Waals surface area (Å²) < 4.78 is 14.1. The van der Waals surface area contributed by atoms with E-state index in [2.05, 4.69) is 14.9 Å². The van der Waals surface area contributed by atoms with Crippen molar-refractivity contribution in [3.63, 3.8) is 0 Å². The number of hydrogen-bond acceptors (Lipinski definition) is 4. The van der Waals surface area contributed by atoms with E-state index < -0.39 is 0 Å². The highest BCUT2D eigenvalue weighted by Gasteiger charge is 2.26. The topological polar surface area (TPSA) is 70.8 Å². The van der Waals surface area contributed by atoms with Gasteiger partial charge in [0, 0.05) is 42.1 Å². The summed E-state index contributed by atoms with van der Waals surface area (Å²) in [5.41, 5.74) is 12.5. The van der Waals surface area contributed by atoms with Gasteiger partial charge in [0.05, 0.1) is 22.3 Å². The van der Waals surface area contributed by atoms with Crippen molar-refractivity contribution < 1.29 is 4.39 Å². The number of nitrogens with one attached hydrogen (secondary N) is 1. The number of aryl methyl sites for hydroxylation is 1. The molecule has 152 valence electrons. The molecule has 2 aromatic heterocycles. The van der Waals surface area contributed by atoms with Gasteiger partial charge in [-0.2, -0.15) is 0 Å². The lowest BCUT2D eigenvalue weighted by Gasteiger charge is -2.24. The number of para-hydroxylation sites is 1. The Morgan fingerprint density at radius 1 is 1.20 bits per heavy atom. The van der Waals surface area contributed by atoms with Gasteiger partial charge in [0.2, 0.25) is 0 Å². The molecule has 1 aliphatic heterocycles. The quantitative estimate of drug-likeness (QED) is 0.492. The highest BCUT2D eigenvalue weighted by atomic mass is 35.5. The standard InChI is InChI=1S/C23H21ClFN5/c1-13-3-2-4-20-21(13)29-23(28-20)19-11-27-10-18(14-7-15(24)9-16(25)8-14)22(19)30-6-5-17(26)12-30/h2-4,7-11,17H,5-6,12,26H2,1H3,(H,28,29). The first-order valence-electron chi connectivity index (χ1n) is 9.90. The van der Waals surface area contributed by atoms with Gasteiger partial charge in [0.1, 0.15) is 11.6 Å². The zero-order valence-electron chi connectivity index (χ0n) is 16.5. The third-order valence-corrected chi connectivity index (χ3v) is 5.82. The second kappa shape index (κ2) is 7.38. The molecule has 1 saturated heterocycles. The summed E-state index contributed by atoms with van der Waals surface area (Å²) in [5.74, 6) is 0.345. The van der Waals surface area contributed by atoms with E-state index in [0.29, 0.717) is 17.1 Å². The average molecular weight is 422 g/mol. The molecule has 5 nitrogen and oxygen atoms in total. The third kappa shape index (κ3) is 3.32. The van der Waals surface area contributed by atoms with Crippen LogP contribution in [0.5, 0.6) is 0 Å². The van der Waals surface area contributed by atoms with Crippen LogP contribution in [-0.4, -0.2) is 34.1 Å². The first-order valence-corrected chi connectivity index (χ1v) is 10.3. The summed E-state index contributed by atoms with van der Waals surface area (Å²) in [6, 6.07) is 10.7. The predicted molar refractivity (Wildman–Crippen MR) is 119 cm³/mol. The van der Waals surface area contributed by atoms with Gasteiger partial charge >= 0.3 is 0 Å². The van der Waals surface area contributed by atoms with Gasteiger partial charge in [-0.25, -0.2) is 9.37 Å². The van der Waals surface area contributed by atoms with Crippen molar-refractivity contribution in [1.29, 1.82) is 0 Å². The number of nitrogens with zero attached hydrogens (tertiary/aromatic N) is 3. The molecule has 3 N–H and O–H groups in total. The molecule has 1 atom stereocenters. The van der Waals surface area contributed by atoms with E-state index in [4.69, 9.17) is 22.3 Å². The van der Waals surface area contributed by atoms with Crippen LogP contribution in [0.2, 0.25) is 5.02 Å². The fraction of sp³-hybridized carbons (Fsp3) is 0.217. The van der Waals surface area contributed by atoms with Crippen molar-refractivity contribution >= 4 is 28.3 Å². The highest BCUT2D eigenvalue weighted by Crippen LogP contribution is 2.40. The number of pyridine rings is 1. The Kier molecular flexibility index (Phi) is 4.68. The Morgan fingerprint density at radius 2 is 2.03 bits per heavy atom. The lowest BCUT2D eigenvalue weighted by molar-refractivity contribution is 0.628. The second-order valence-corrected chi connectivity index (χ2v) is 8.23. The van der Waals surface area contributed by atoms with Crippen LogP contribution in [0.25, 0.3) is 33.5 Å². The maximum absolute atomic E-state index is 14.1. The molecular formula is C23H21ClFN5. The molecule has 5 rings (SSSR count). The van der Waals surface area contributed by atoms with Gasteiger partial charge in [-0.15, -0.1) is 0 Å². The molecule has 0 aliphatic carbocycles. The number of benzene rings is 2. The Balaban J connectivity index is 1.75. The molecule has 1 unspecified atom stereocenters. The van der Waals surface area contributed by atoms with E-state index in [1.165, 1.54) is 12.1 Å². The number of anilines is 1. The summed E-state index contributed by atoms with van der Waals surface area (Å²) in [4.78, 5) is 15.0. The molecule has 30 heavy (non-hydrogen) atoms. The Labute approximate surface area is 178 Å². The van der Waals surface area contributed by atoms with Crippen LogP contribution in [-0.2, 0) is 0 Å². The zero-order chi connectivity index (χ0) is 20.8. The number of aromatic amines is 1. The minimum Gasteiger partial charge on any atom is -0.369 e. The van der Waals surface area contributed by atoms with Crippen molar-refractivity contribution in [3.8, 4) is 22.5 Å². The molecule has 1 aliphatic rings. The van der Waals surface area contributed by atoms with Crippen LogP contribution in [0, 0.1) is 12.7 Å². The van der Waals surface area contributed by atoms with E-state index in [1.807, 2.05) is 25.1 Å². The Hall–Kier alpha value is -2.96. The Morgan fingerprint density at radius 3 is 2.77 bits per heavy atom. The van der Waals surface area contributed by atoms with Gasteiger partial charge in [-0.1, -0.05) is 23.7 Å². The predicted octanol–water partition coefficient (Wildman–Crippen LogP) is 4.93. The Bertz CT molecular complexity index is 1230. The monoisotopic (exact) mass is 421 g/mol. The smallest absolute Gasteiger partial charge is 0.142 e. The fourth-order valence-corrected chi connectivity index (χ4v) is 4.40. The van der Waals surface area contributed by atoms with Crippen LogP contribution < -0.4 is 10.6 Å². The van der Waals surface area contributed by atoms with Gasteiger partial charge in [-0.3, -0.25) is 4.98 Å².